The summed E-state index contributed by atoms with van der Waals surface area (Å²) in [5, 5.41) is 11.1. The Morgan fingerprint density at radius 1 is 1.47 bits per heavy atom. The van der Waals surface area contributed by atoms with Gasteiger partial charge in [0.1, 0.15) is 11.4 Å². The monoisotopic (exact) mass is 263 g/mol. The minimum absolute atomic E-state index is 0.0281. The van der Waals surface area contributed by atoms with Gasteiger partial charge in [-0.25, -0.2) is 4.39 Å². The van der Waals surface area contributed by atoms with Crippen LogP contribution in [0.3, 0.4) is 0 Å². The molecule has 0 spiro atoms. The minimum atomic E-state index is -1.03. The number of nitrogens with zero attached hydrogens (tertiary/aromatic N) is 1. The van der Waals surface area contributed by atoms with Crippen molar-refractivity contribution in [3.63, 3.8) is 0 Å². The zero-order valence-electron chi connectivity index (χ0n) is 10.3. The van der Waals surface area contributed by atoms with Gasteiger partial charge in [0.15, 0.2) is 0 Å². The molecular formula is C13H14FN3O2. The third kappa shape index (κ3) is 2.89. The highest BCUT2D eigenvalue weighted by Gasteiger charge is 2.36. The maximum absolute atomic E-state index is 13.7. The van der Waals surface area contributed by atoms with Gasteiger partial charge in [-0.15, -0.1) is 0 Å². The van der Waals surface area contributed by atoms with Crippen molar-refractivity contribution in [2.75, 3.05) is 18.5 Å². The molecule has 1 fully saturated rings. The summed E-state index contributed by atoms with van der Waals surface area (Å²) in [6.07, 6.45) is 0.799. The molecule has 1 heterocycles. The van der Waals surface area contributed by atoms with E-state index >= 15 is 0 Å². The lowest BCUT2D eigenvalue weighted by molar-refractivity contribution is -0.124. The number of rotatable bonds is 2. The SMILES string of the molecule is N#Cc1ccc(NC(=O)C2(N)CCOCC2)c(F)c1. The second kappa shape index (κ2) is 5.34. The zero-order valence-corrected chi connectivity index (χ0v) is 10.3. The van der Waals surface area contributed by atoms with Crippen molar-refractivity contribution in [3.05, 3.63) is 29.6 Å². The van der Waals surface area contributed by atoms with Gasteiger partial charge in [0.25, 0.3) is 0 Å². The van der Waals surface area contributed by atoms with E-state index in [-0.39, 0.29) is 11.3 Å². The number of anilines is 1. The summed E-state index contributed by atoms with van der Waals surface area (Å²) in [4.78, 5) is 12.1. The van der Waals surface area contributed by atoms with Crippen LogP contribution in [0.15, 0.2) is 18.2 Å². The van der Waals surface area contributed by atoms with Crippen molar-refractivity contribution in [2.45, 2.75) is 18.4 Å². The van der Waals surface area contributed by atoms with Crippen LogP contribution in [0.5, 0.6) is 0 Å². The molecule has 1 saturated heterocycles. The van der Waals surface area contributed by atoms with Crippen LogP contribution in [0.2, 0.25) is 0 Å². The van der Waals surface area contributed by atoms with Crippen LogP contribution in [-0.2, 0) is 9.53 Å². The highest BCUT2D eigenvalue weighted by atomic mass is 19.1. The smallest absolute Gasteiger partial charge is 0.244 e. The Kier molecular flexibility index (Phi) is 3.79. The fraction of sp³-hybridized carbons (Fsp3) is 0.385. The lowest BCUT2D eigenvalue weighted by atomic mass is 9.90. The van der Waals surface area contributed by atoms with Crippen LogP contribution in [-0.4, -0.2) is 24.7 Å². The van der Waals surface area contributed by atoms with E-state index in [9.17, 15) is 9.18 Å². The van der Waals surface area contributed by atoms with Crippen molar-refractivity contribution in [2.24, 2.45) is 5.73 Å². The van der Waals surface area contributed by atoms with Crippen LogP contribution < -0.4 is 11.1 Å². The molecule has 0 aromatic heterocycles. The molecule has 2 rings (SSSR count). The van der Waals surface area contributed by atoms with E-state index in [2.05, 4.69) is 5.32 Å². The average molecular weight is 263 g/mol. The van der Waals surface area contributed by atoms with Crippen LogP contribution in [0, 0.1) is 17.1 Å². The van der Waals surface area contributed by atoms with E-state index in [4.69, 9.17) is 15.7 Å². The topological polar surface area (TPSA) is 88.1 Å². The molecule has 1 amide bonds. The highest BCUT2D eigenvalue weighted by molar-refractivity contribution is 5.98. The van der Waals surface area contributed by atoms with Crippen molar-refractivity contribution >= 4 is 11.6 Å². The largest absolute Gasteiger partial charge is 0.381 e. The van der Waals surface area contributed by atoms with Crippen molar-refractivity contribution in [1.82, 2.24) is 0 Å². The van der Waals surface area contributed by atoms with E-state index in [1.54, 1.807) is 0 Å². The molecule has 19 heavy (non-hydrogen) atoms. The Morgan fingerprint density at radius 2 is 2.16 bits per heavy atom. The molecule has 0 bridgehead atoms. The number of nitriles is 1. The quantitative estimate of drug-likeness (QED) is 0.837. The van der Waals surface area contributed by atoms with Crippen LogP contribution in [0.25, 0.3) is 0 Å². The first-order valence-electron chi connectivity index (χ1n) is 5.93. The fourth-order valence-corrected chi connectivity index (χ4v) is 1.90. The van der Waals surface area contributed by atoms with Crippen LogP contribution in [0.4, 0.5) is 10.1 Å². The molecular weight excluding hydrogens is 249 g/mol. The van der Waals surface area contributed by atoms with Gasteiger partial charge in [-0.3, -0.25) is 4.79 Å². The van der Waals surface area contributed by atoms with Gasteiger partial charge >= 0.3 is 0 Å². The van der Waals surface area contributed by atoms with E-state index in [1.807, 2.05) is 6.07 Å². The van der Waals surface area contributed by atoms with Crippen LogP contribution in [0.1, 0.15) is 18.4 Å². The van der Waals surface area contributed by atoms with Crippen molar-refractivity contribution in [1.29, 1.82) is 5.26 Å². The second-order valence-corrected chi connectivity index (χ2v) is 4.53. The first-order chi connectivity index (χ1) is 9.05. The lowest BCUT2D eigenvalue weighted by Gasteiger charge is -2.31. The fourth-order valence-electron chi connectivity index (χ4n) is 1.90. The molecule has 1 aliphatic heterocycles. The number of nitrogens with two attached hydrogens (primary N) is 1. The summed E-state index contributed by atoms with van der Waals surface area (Å²) >= 11 is 0. The molecule has 0 aliphatic carbocycles. The van der Waals surface area contributed by atoms with Gasteiger partial charge in [-0.2, -0.15) is 5.26 Å². The van der Waals surface area contributed by atoms with Crippen molar-refractivity contribution in [3.8, 4) is 6.07 Å². The number of nitrogens with one attached hydrogen (secondary N) is 1. The average Bonchev–Trinajstić information content (AvgIpc) is 2.41. The number of amides is 1. The van der Waals surface area contributed by atoms with E-state index in [1.165, 1.54) is 12.1 Å². The minimum Gasteiger partial charge on any atom is -0.381 e. The molecule has 0 saturated carbocycles. The van der Waals surface area contributed by atoms with Gasteiger partial charge < -0.3 is 15.8 Å². The summed E-state index contributed by atoms with van der Waals surface area (Å²) in [5.41, 5.74) is 5.19. The molecule has 1 aliphatic rings. The van der Waals surface area contributed by atoms with Gasteiger partial charge in [-0.05, 0) is 31.0 Å². The molecule has 1 aromatic rings. The molecule has 5 nitrogen and oxygen atoms in total. The number of carbonyl (C=O) groups is 1. The normalized spacial score (nSPS) is 17.5. The number of benzene rings is 1. The summed E-state index contributed by atoms with van der Waals surface area (Å²) < 4.78 is 18.8. The predicted molar refractivity (Wildman–Crippen MR) is 66.7 cm³/mol. The molecule has 100 valence electrons. The summed E-state index contributed by atoms with van der Waals surface area (Å²) in [5.74, 6) is -1.08. The van der Waals surface area contributed by atoms with Gasteiger partial charge in [0, 0.05) is 13.2 Å². The zero-order chi connectivity index (χ0) is 13.9. The second-order valence-electron chi connectivity index (χ2n) is 4.53. The standard InChI is InChI=1S/C13H14FN3O2/c14-10-7-9(8-15)1-2-11(10)17-12(18)13(16)3-5-19-6-4-13/h1-2,7H,3-6,16H2,(H,17,18). The molecule has 6 heteroatoms. The van der Waals surface area contributed by atoms with Crippen molar-refractivity contribution < 1.29 is 13.9 Å². The Labute approximate surface area is 110 Å². The van der Waals surface area contributed by atoms with E-state index < -0.39 is 17.3 Å². The molecule has 0 radical (unpaired) electrons. The molecule has 3 N–H and O–H groups in total. The lowest BCUT2D eigenvalue weighted by Crippen LogP contribution is -2.54. The first-order valence-corrected chi connectivity index (χ1v) is 5.93. The summed E-state index contributed by atoms with van der Waals surface area (Å²) in [6, 6.07) is 5.69. The predicted octanol–water partition coefficient (Wildman–Crippen LogP) is 1.14. The molecule has 0 unspecified atom stereocenters. The number of halogens is 1. The Bertz CT molecular complexity index is 533. The number of carbonyl (C=O) groups excluding carboxylic acids is 1. The summed E-state index contributed by atoms with van der Waals surface area (Å²) in [6.45, 7) is 0.833. The van der Waals surface area contributed by atoms with E-state index in [0.717, 1.165) is 6.07 Å². The van der Waals surface area contributed by atoms with Gasteiger partial charge in [-0.1, -0.05) is 0 Å². The Hall–Kier alpha value is -1.97. The van der Waals surface area contributed by atoms with Crippen LogP contribution >= 0.6 is 0 Å². The maximum atomic E-state index is 13.7. The van der Waals surface area contributed by atoms with E-state index in [0.29, 0.717) is 26.1 Å². The maximum Gasteiger partial charge on any atom is 0.244 e. The number of ether oxygens (including phenoxy) is 1. The Morgan fingerprint density at radius 3 is 2.74 bits per heavy atom. The Balaban J connectivity index is 2.13. The number of hydrogen-bond acceptors (Lipinski definition) is 4. The highest BCUT2D eigenvalue weighted by Crippen LogP contribution is 2.22. The molecule has 0 atom stereocenters. The third-order valence-corrected chi connectivity index (χ3v) is 3.18. The summed E-state index contributed by atoms with van der Waals surface area (Å²) in [7, 11) is 0. The first kappa shape index (κ1) is 13.5. The molecule has 1 aromatic carbocycles. The third-order valence-electron chi connectivity index (χ3n) is 3.18. The van der Waals surface area contributed by atoms with Gasteiger partial charge in [0.05, 0.1) is 17.3 Å². The number of hydrogen-bond donors (Lipinski definition) is 2. The van der Waals surface area contributed by atoms with Gasteiger partial charge in [0.2, 0.25) is 5.91 Å².